The minimum absolute atomic E-state index is 0.182. The number of benzene rings is 3. The first-order valence-electron chi connectivity index (χ1n) is 12.7. The van der Waals surface area contributed by atoms with Crippen LogP contribution in [0.2, 0.25) is 0 Å². The standard InChI is InChI=1S/C30H26F3N3O3/c1-29(2)21(35(3)20-14-13-16-9-7-8-12-18(16)24(20)29)15-19-25(37)22(26(19)38)23-27(30(31,32)33)34-36(28(23)39)17-10-5-4-6-11-17/h4-15,19,22,25-26,34H,1-3H3/q-2. The number of nitrogens with zero attached hydrogens (tertiary/aromatic N) is 2. The maximum atomic E-state index is 14.0. The molecule has 0 radical (unpaired) electrons. The van der Waals surface area contributed by atoms with Crippen molar-refractivity contribution in [1.29, 1.82) is 0 Å². The van der Waals surface area contributed by atoms with Crippen molar-refractivity contribution >= 4 is 16.5 Å². The Bertz CT molecular complexity index is 1660. The molecule has 9 heteroatoms. The van der Waals surface area contributed by atoms with Crippen LogP contribution in [0.1, 0.15) is 36.6 Å². The molecule has 2 unspecified atom stereocenters. The lowest BCUT2D eigenvalue weighted by Crippen LogP contribution is -2.65. The van der Waals surface area contributed by atoms with Gasteiger partial charge in [0.25, 0.3) is 5.56 Å². The summed E-state index contributed by atoms with van der Waals surface area (Å²) in [4.78, 5) is 15.1. The van der Waals surface area contributed by atoms with E-state index in [1.807, 2.05) is 62.2 Å². The molecular weight excluding hydrogens is 507 g/mol. The Kier molecular flexibility index (Phi) is 5.61. The number of aromatic nitrogens is 2. The van der Waals surface area contributed by atoms with Crippen LogP contribution in [0.3, 0.4) is 0 Å². The normalized spacial score (nSPS) is 25.2. The number of H-pyrrole nitrogens is 1. The highest BCUT2D eigenvalue weighted by atomic mass is 19.4. The highest BCUT2D eigenvalue weighted by Crippen LogP contribution is 2.52. The van der Waals surface area contributed by atoms with Crippen LogP contribution in [-0.2, 0) is 11.6 Å². The molecule has 0 amide bonds. The number of aromatic amines is 1. The van der Waals surface area contributed by atoms with E-state index in [9.17, 15) is 28.2 Å². The zero-order chi connectivity index (χ0) is 27.9. The molecule has 1 aliphatic heterocycles. The number of hydrogen-bond acceptors (Lipinski definition) is 4. The second-order valence-corrected chi connectivity index (χ2v) is 10.8. The van der Waals surface area contributed by atoms with Crippen LogP contribution in [0.15, 0.2) is 83.3 Å². The average Bonchev–Trinajstić information content (AvgIpc) is 3.34. The van der Waals surface area contributed by atoms with Gasteiger partial charge in [-0.2, -0.15) is 13.2 Å². The summed E-state index contributed by atoms with van der Waals surface area (Å²) in [5.41, 5.74) is -0.774. The number of halogens is 3. The van der Waals surface area contributed by atoms with Crippen molar-refractivity contribution in [2.24, 2.45) is 5.92 Å². The van der Waals surface area contributed by atoms with Crippen molar-refractivity contribution in [3.8, 4) is 5.69 Å². The Morgan fingerprint density at radius 3 is 2.26 bits per heavy atom. The first-order valence-corrected chi connectivity index (χ1v) is 12.7. The molecule has 0 saturated heterocycles. The predicted molar refractivity (Wildman–Crippen MR) is 139 cm³/mol. The fraction of sp³-hybridized carbons (Fsp3) is 0.300. The highest BCUT2D eigenvalue weighted by Gasteiger charge is 2.48. The third-order valence-corrected chi connectivity index (χ3v) is 8.27. The molecule has 39 heavy (non-hydrogen) atoms. The molecule has 2 atom stereocenters. The quantitative estimate of drug-likeness (QED) is 0.434. The summed E-state index contributed by atoms with van der Waals surface area (Å²) in [7, 11) is 1.86. The van der Waals surface area contributed by atoms with E-state index in [1.54, 1.807) is 24.3 Å². The van der Waals surface area contributed by atoms with Gasteiger partial charge in [-0.05, 0) is 46.4 Å². The van der Waals surface area contributed by atoms with E-state index in [2.05, 4.69) is 5.10 Å². The van der Waals surface area contributed by atoms with Gasteiger partial charge < -0.3 is 15.1 Å². The molecule has 2 aliphatic rings. The van der Waals surface area contributed by atoms with E-state index in [-0.39, 0.29) is 5.69 Å². The molecule has 1 aromatic heterocycles. The molecule has 4 aromatic rings. The van der Waals surface area contributed by atoms with E-state index < -0.39 is 52.5 Å². The summed E-state index contributed by atoms with van der Waals surface area (Å²) >= 11 is 0. The number of fused-ring (bicyclic) bond motifs is 3. The van der Waals surface area contributed by atoms with Crippen molar-refractivity contribution in [3.63, 3.8) is 0 Å². The monoisotopic (exact) mass is 533 g/mol. The first kappa shape index (κ1) is 25.5. The first-order chi connectivity index (χ1) is 18.4. The Hall–Kier alpha value is -3.82. The summed E-state index contributed by atoms with van der Waals surface area (Å²) in [6.07, 6.45) is -6.71. The van der Waals surface area contributed by atoms with Gasteiger partial charge in [0.1, 0.15) is 5.69 Å². The van der Waals surface area contributed by atoms with Gasteiger partial charge in [-0.3, -0.25) is 9.89 Å². The van der Waals surface area contributed by atoms with Gasteiger partial charge >= 0.3 is 6.18 Å². The lowest BCUT2D eigenvalue weighted by atomic mass is 9.64. The summed E-state index contributed by atoms with van der Waals surface area (Å²) in [6, 6.07) is 19.7. The zero-order valence-corrected chi connectivity index (χ0v) is 21.5. The minimum atomic E-state index is -4.94. The Morgan fingerprint density at radius 2 is 1.59 bits per heavy atom. The molecule has 0 bridgehead atoms. The zero-order valence-electron chi connectivity index (χ0n) is 21.5. The van der Waals surface area contributed by atoms with Crippen LogP contribution in [0.5, 0.6) is 0 Å². The van der Waals surface area contributed by atoms with Crippen LogP contribution in [0, 0.1) is 5.92 Å². The van der Waals surface area contributed by atoms with Gasteiger partial charge in [-0.15, -0.1) is 12.2 Å². The maximum Gasteiger partial charge on any atom is 0.433 e. The smallest absolute Gasteiger partial charge is 0.433 e. The lowest BCUT2D eigenvalue weighted by Gasteiger charge is -2.60. The molecule has 3 aromatic carbocycles. The van der Waals surface area contributed by atoms with Gasteiger partial charge in [-0.1, -0.05) is 68.5 Å². The van der Waals surface area contributed by atoms with E-state index in [1.165, 1.54) is 12.1 Å². The van der Waals surface area contributed by atoms with Crippen LogP contribution >= 0.6 is 0 Å². The van der Waals surface area contributed by atoms with Gasteiger partial charge in [0, 0.05) is 23.8 Å². The van der Waals surface area contributed by atoms with Crippen LogP contribution in [-0.4, -0.2) is 29.0 Å². The molecule has 202 valence electrons. The maximum absolute atomic E-state index is 14.0. The fourth-order valence-corrected chi connectivity index (χ4v) is 6.34. The number of allylic oxidation sites excluding steroid dienone is 1. The molecule has 6 rings (SSSR count). The third kappa shape index (κ3) is 3.67. The largest absolute Gasteiger partial charge is 0.851 e. The van der Waals surface area contributed by atoms with E-state index >= 15 is 0 Å². The Morgan fingerprint density at radius 1 is 0.949 bits per heavy atom. The van der Waals surface area contributed by atoms with Crippen molar-refractivity contribution < 1.29 is 23.4 Å². The van der Waals surface area contributed by atoms with Gasteiger partial charge in [0.2, 0.25) is 0 Å². The molecule has 2 heterocycles. The number of hydrogen-bond donors (Lipinski definition) is 1. The molecule has 1 saturated carbocycles. The van der Waals surface area contributed by atoms with Crippen LogP contribution in [0.4, 0.5) is 18.9 Å². The number of anilines is 1. The SMILES string of the molecule is CN1C(=CC2C([O-])C(c3c(C(F)(F)F)[nH]n(-c4ccccc4)c3=O)C2[O-])C(C)(C)c2c1ccc1ccccc21. The molecule has 0 spiro atoms. The Labute approximate surface area is 222 Å². The van der Waals surface area contributed by atoms with Gasteiger partial charge in [0.15, 0.2) is 0 Å². The third-order valence-electron chi connectivity index (χ3n) is 8.27. The molecule has 6 nitrogen and oxygen atoms in total. The minimum Gasteiger partial charge on any atom is -0.851 e. The number of likely N-dealkylation sites (N-methyl/N-ethyl adjacent to an activating group) is 1. The average molecular weight is 534 g/mol. The van der Waals surface area contributed by atoms with Gasteiger partial charge in [0.05, 0.1) is 11.3 Å². The summed E-state index contributed by atoms with van der Waals surface area (Å²) in [5.74, 6) is -2.69. The number of nitrogens with one attached hydrogen (secondary N) is 1. The summed E-state index contributed by atoms with van der Waals surface area (Å²) in [6.45, 7) is 4.02. The van der Waals surface area contributed by atoms with E-state index in [0.29, 0.717) is 0 Å². The number of rotatable bonds is 3. The molecule has 1 fully saturated rings. The lowest BCUT2D eigenvalue weighted by molar-refractivity contribution is -0.543. The fourth-order valence-electron chi connectivity index (χ4n) is 6.34. The molecule has 1 N–H and O–H groups in total. The van der Waals surface area contributed by atoms with E-state index in [4.69, 9.17) is 0 Å². The second-order valence-electron chi connectivity index (χ2n) is 10.8. The van der Waals surface area contributed by atoms with Crippen LogP contribution in [0.25, 0.3) is 16.5 Å². The van der Waals surface area contributed by atoms with E-state index in [0.717, 1.165) is 32.4 Å². The summed E-state index contributed by atoms with van der Waals surface area (Å²) in [5, 5.41) is 31.1. The predicted octanol–water partition coefficient (Wildman–Crippen LogP) is 3.82. The molecule has 1 aliphatic carbocycles. The second kappa shape index (κ2) is 8.59. The number of alkyl halides is 3. The van der Waals surface area contributed by atoms with Crippen molar-refractivity contribution in [3.05, 3.63) is 106 Å². The van der Waals surface area contributed by atoms with Crippen molar-refractivity contribution in [2.75, 3.05) is 11.9 Å². The molecular formula is C30H26F3N3O3-2. The van der Waals surface area contributed by atoms with Gasteiger partial charge in [-0.25, -0.2) is 4.68 Å². The summed E-state index contributed by atoms with van der Waals surface area (Å²) < 4.78 is 42.7. The van der Waals surface area contributed by atoms with Crippen molar-refractivity contribution in [2.45, 2.75) is 43.6 Å². The highest BCUT2D eigenvalue weighted by molar-refractivity contribution is 5.94. The van der Waals surface area contributed by atoms with Crippen molar-refractivity contribution in [1.82, 2.24) is 9.78 Å². The number of para-hydroxylation sites is 1. The van der Waals surface area contributed by atoms with Crippen LogP contribution < -0.4 is 20.7 Å². The Balaban J connectivity index is 1.39. The topological polar surface area (TPSA) is 87.2 Å².